The number of allylic oxidation sites excluding steroid dienone is 1. The second-order valence-corrected chi connectivity index (χ2v) is 5.10. The molecule has 0 aliphatic carbocycles. The van der Waals surface area contributed by atoms with Crippen LogP contribution in [0.3, 0.4) is 0 Å². The molecule has 0 unspecified atom stereocenters. The lowest BCUT2D eigenvalue weighted by molar-refractivity contribution is 0.340. The highest BCUT2D eigenvalue weighted by Gasteiger charge is 2.09. The highest BCUT2D eigenvalue weighted by atomic mass is 35.5. The number of nitrogens with zero attached hydrogens (tertiary/aromatic N) is 1. The fraction of sp³-hybridized carbons (Fsp3) is 0.118. The molecule has 0 aliphatic rings. The van der Waals surface area contributed by atoms with Crippen molar-refractivity contribution in [1.29, 1.82) is 5.26 Å². The number of hydrogen-bond donors (Lipinski definition) is 0. The zero-order valence-electron chi connectivity index (χ0n) is 11.4. The summed E-state index contributed by atoms with van der Waals surface area (Å²) in [5, 5.41) is 10.2. The van der Waals surface area contributed by atoms with E-state index in [1.165, 1.54) is 0 Å². The van der Waals surface area contributed by atoms with Crippen LogP contribution in [0.5, 0.6) is 5.75 Å². The zero-order chi connectivity index (χ0) is 15.2. The lowest BCUT2D eigenvalue weighted by atomic mass is 10.0. The van der Waals surface area contributed by atoms with Gasteiger partial charge in [0.25, 0.3) is 0 Å². The van der Waals surface area contributed by atoms with E-state index in [-0.39, 0.29) is 0 Å². The monoisotopic (exact) mass is 317 g/mol. The van der Waals surface area contributed by atoms with Gasteiger partial charge in [0, 0.05) is 0 Å². The molecular formula is C17H13Cl2NO. The fourth-order valence-electron chi connectivity index (χ4n) is 1.91. The number of ether oxygens (including phenoxy) is 1. The first kappa shape index (κ1) is 15.4. The first-order chi connectivity index (χ1) is 10.2. The topological polar surface area (TPSA) is 33.0 Å². The third-order valence-corrected chi connectivity index (χ3v) is 3.39. The minimum Gasteiger partial charge on any atom is -0.491 e. The van der Waals surface area contributed by atoms with E-state index < -0.39 is 0 Å². The highest BCUT2D eigenvalue weighted by Crippen LogP contribution is 2.35. The van der Waals surface area contributed by atoms with Crippen molar-refractivity contribution in [1.82, 2.24) is 0 Å². The lowest BCUT2D eigenvalue weighted by Gasteiger charge is -2.09. The van der Waals surface area contributed by atoms with Gasteiger partial charge in [-0.25, -0.2) is 0 Å². The molecular weight excluding hydrogens is 305 g/mol. The molecule has 2 aromatic carbocycles. The standard InChI is InChI=1S/C17H13Cl2NO/c1-2-21-17-15(18)9-12(10-16(17)19)8-14(11-20)13-6-4-3-5-7-13/h3-10H,2H2,1H3/b14-8+. The molecule has 0 saturated heterocycles. The van der Waals surface area contributed by atoms with Gasteiger partial charge >= 0.3 is 0 Å². The molecule has 0 radical (unpaired) electrons. The third-order valence-electron chi connectivity index (χ3n) is 2.83. The van der Waals surface area contributed by atoms with Crippen LogP contribution < -0.4 is 4.74 Å². The average molecular weight is 318 g/mol. The Balaban J connectivity index is 2.43. The Hall–Kier alpha value is -1.95. The summed E-state index contributed by atoms with van der Waals surface area (Å²) in [6.45, 7) is 2.35. The molecule has 0 atom stereocenters. The van der Waals surface area contributed by atoms with Crippen molar-refractivity contribution in [3.05, 3.63) is 63.6 Å². The molecule has 0 spiro atoms. The molecule has 2 aromatic rings. The van der Waals surface area contributed by atoms with Crippen molar-refractivity contribution in [2.45, 2.75) is 6.92 Å². The molecule has 0 amide bonds. The number of halogens is 2. The Labute approximate surface area is 134 Å². The maximum Gasteiger partial charge on any atom is 0.156 e. The summed E-state index contributed by atoms with van der Waals surface area (Å²) in [6.07, 6.45) is 1.75. The lowest BCUT2D eigenvalue weighted by Crippen LogP contribution is -1.93. The van der Waals surface area contributed by atoms with Gasteiger partial charge in [0.2, 0.25) is 0 Å². The van der Waals surface area contributed by atoms with Crippen LogP contribution in [0.25, 0.3) is 11.6 Å². The number of hydrogen-bond acceptors (Lipinski definition) is 2. The van der Waals surface area contributed by atoms with Crippen LogP contribution in [-0.2, 0) is 0 Å². The first-order valence-corrected chi connectivity index (χ1v) is 7.20. The zero-order valence-corrected chi connectivity index (χ0v) is 12.9. The number of rotatable bonds is 4. The maximum absolute atomic E-state index is 9.31. The van der Waals surface area contributed by atoms with Crippen LogP contribution in [0.2, 0.25) is 10.0 Å². The van der Waals surface area contributed by atoms with E-state index in [1.54, 1.807) is 18.2 Å². The van der Waals surface area contributed by atoms with E-state index in [0.29, 0.717) is 28.0 Å². The molecule has 2 rings (SSSR count). The number of benzene rings is 2. The van der Waals surface area contributed by atoms with Crippen molar-refractivity contribution >= 4 is 34.9 Å². The molecule has 0 saturated carbocycles. The van der Waals surface area contributed by atoms with E-state index in [4.69, 9.17) is 27.9 Å². The molecule has 4 heteroatoms. The summed E-state index contributed by atoms with van der Waals surface area (Å²) in [7, 11) is 0. The second-order valence-electron chi connectivity index (χ2n) is 4.28. The van der Waals surface area contributed by atoms with Crippen LogP contribution in [-0.4, -0.2) is 6.61 Å². The largest absolute Gasteiger partial charge is 0.491 e. The molecule has 0 heterocycles. The minimum atomic E-state index is 0.431. The van der Waals surface area contributed by atoms with Crippen molar-refractivity contribution in [3.63, 3.8) is 0 Å². The Morgan fingerprint density at radius 3 is 2.33 bits per heavy atom. The molecule has 0 bridgehead atoms. The fourth-order valence-corrected chi connectivity index (χ4v) is 2.52. The minimum absolute atomic E-state index is 0.431. The van der Waals surface area contributed by atoms with Gasteiger partial charge in [-0.05, 0) is 36.3 Å². The highest BCUT2D eigenvalue weighted by molar-refractivity contribution is 6.37. The van der Waals surface area contributed by atoms with Crippen LogP contribution in [0, 0.1) is 11.3 Å². The normalized spacial score (nSPS) is 11.0. The van der Waals surface area contributed by atoms with Crippen LogP contribution >= 0.6 is 23.2 Å². The Morgan fingerprint density at radius 2 is 1.81 bits per heavy atom. The Morgan fingerprint density at radius 1 is 1.19 bits per heavy atom. The van der Waals surface area contributed by atoms with Gasteiger partial charge < -0.3 is 4.74 Å². The summed E-state index contributed by atoms with van der Waals surface area (Å²) in [6, 6.07) is 15.1. The van der Waals surface area contributed by atoms with E-state index in [0.717, 1.165) is 11.1 Å². The summed E-state index contributed by atoms with van der Waals surface area (Å²) in [4.78, 5) is 0. The molecule has 0 aliphatic heterocycles. The summed E-state index contributed by atoms with van der Waals surface area (Å²) < 4.78 is 5.39. The molecule has 21 heavy (non-hydrogen) atoms. The van der Waals surface area contributed by atoms with Crippen LogP contribution in [0.4, 0.5) is 0 Å². The molecule has 0 aromatic heterocycles. The molecule has 106 valence electrons. The predicted octanol–water partition coefficient (Wildman–Crippen LogP) is 5.46. The van der Waals surface area contributed by atoms with E-state index in [9.17, 15) is 5.26 Å². The van der Waals surface area contributed by atoms with Crippen LogP contribution in [0.1, 0.15) is 18.1 Å². The van der Waals surface area contributed by atoms with Gasteiger partial charge in [-0.2, -0.15) is 5.26 Å². The Bertz CT molecular complexity index is 679. The van der Waals surface area contributed by atoms with Gasteiger partial charge in [-0.1, -0.05) is 53.5 Å². The molecule has 2 nitrogen and oxygen atoms in total. The van der Waals surface area contributed by atoms with E-state index >= 15 is 0 Å². The quantitative estimate of drug-likeness (QED) is 0.554. The van der Waals surface area contributed by atoms with E-state index in [1.807, 2.05) is 37.3 Å². The van der Waals surface area contributed by atoms with Gasteiger partial charge in [0.15, 0.2) is 5.75 Å². The van der Waals surface area contributed by atoms with Gasteiger partial charge in [0.05, 0.1) is 28.3 Å². The van der Waals surface area contributed by atoms with Crippen molar-refractivity contribution in [3.8, 4) is 11.8 Å². The maximum atomic E-state index is 9.31. The predicted molar refractivity (Wildman–Crippen MR) is 87.6 cm³/mol. The molecule has 0 fully saturated rings. The van der Waals surface area contributed by atoms with Crippen molar-refractivity contribution in [2.75, 3.05) is 6.61 Å². The van der Waals surface area contributed by atoms with Gasteiger partial charge in [-0.3, -0.25) is 0 Å². The van der Waals surface area contributed by atoms with Crippen molar-refractivity contribution in [2.24, 2.45) is 0 Å². The Kier molecular flexibility index (Phi) is 5.27. The van der Waals surface area contributed by atoms with Gasteiger partial charge in [0.1, 0.15) is 0 Å². The number of nitriles is 1. The van der Waals surface area contributed by atoms with Crippen molar-refractivity contribution < 1.29 is 4.74 Å². The van der Waals surface area contributed by atoms with Gasteiger partial charge in [-0.15, -0.1) is 0 Å². The summed E-state index contributed by atoms with van der Waals surface area (Å²) in [5.41, 5.74) is 2.15. The summed E-state index contributed by atoms with van der Waals surface area (Å²) in [5.74, 6) is 0.469. The first-order valence-electron chi connectivity index (χ1n) is 6.44. The second kappa shape index (κ2) is 7.17. The van der Waals surface area contributed by atoms with E-state index in [2.05, 4.69) is 6.07 Å². The van der Waals surface area contributed by atoms with Crippen LogP contribution in [0.15, 0.2) is 42.5 Å². The smallest absolute Gasteiger partial charge is 0.156 e. The SMILES string of the molecule is CCOc1c(Cl)cc(/C=C(\C#N)c2ccccc2)cc1Cl. The third kappa shape index (κ3) is 3.78. The summed E-state index contributed by atoms with van der Waals surface area (Å²) >= 11 is 12.3. The molecule has 0 N–H and O–H groups in total. The average Bonchev–Trinajstić information content (AvgIpc) is 2.49.